The monoisotopic (exact) mass is 719 g/mol. The summed E-state index contributed by atoms with van der Waals surface area (Å²) in [6.45, 7) is 29.6. The van der Waals surface area contributed by atoms with Gasteiger partial charge in [-0.1, -0.05) is 110 Å². The number of nitrogens with zero attached hydrogens (tertiary/aromatic N) is 1. The first-order valence-electron chi connectivity index (χ1n) is 10.0. The topological polar surface area (TPSA) is 14.1 Å². The van der Waals surface area contributed by atoms with Crippen LogP contribution < -0.4 is 0 Å². The van der Waals surface area contributed by atoms with Crippen LogP contribution >= 0.6 is 52.5 Å². The molecular weight excluding hydrogens is 679 g/mol. The predicted octanol–water partition coefficient (Wildman–Crippen LogP) is 9.98. The second-order valence-corrected chi connectivity index (χ2v) is 60.5. The summed E-state index contributed by atoms with van der Waals surface area (Å²) in [5, 5.41) is 0. The molecule has 0 aliphatic heterocycles. The Balaban J connectivity index is 0. The zero-order chi connectivity index (χ0) is 22.2. The molecule has 0 saturated carbocycles. The molecule has 1 nitrogen and oxygen atoms in total. The first-order chi connectivity index (χ1) is 11.9. The van der Waals surface area contributed by atoms with E-state index in [-0.39, 0.29) is 15.8 Å². The Hall–Kier alpha value is 3.58. The SMILES string of the molecule is CC(C)P(C[Si](C)(C)[N-][Si](C)(C)CP(C(C)C)C(C)C)C(C)C.[Br][Zr]([Br])[Br]. The first-order valence-corrected chi connectivity index (χ1v) is 36.5. The molecule has 0 rings (SSSR count). The van der Waals surface area contributed by atoms with Gasteiger partial charge >= 0.3 is 51.4 Å². The Labute approximate surface area is 201 Å². The van der Waals surface area contributed by atoms with E-state index >= 15 is 0 Å². The summed E-state index contributed by atoms with van der Waals surface area (Å²) in [6, 6.07) is 0. The molecule has 0 N–H and O–H groups in total. The standard InChI is InChI=1S/C18H44NP2Si2.3BrH.Zr/c1-15(2)20(16(3)4)13-22(9,10)19-23(11,12)14-21(17(5)6)18(7)8;;;;/h15-18H,13-14H2,1-12H3;3*1H;/q-1;;;;+3/p-3. The quantitative estimate of drug-likeness (QED) is 0.158. The second kappa shape index (κ2) is 15.4. The Morgan fingerprint density at radius 1 is 0.630 bits per heavy atom. The van der Waals surface area contributed by atoms with E-state index in [0.29, 0.717) is 0 Å². The van der Waals surface area contributed by atoms with Crippen molar-refractivity contribution in [2.24, 2.45) is 0 Å². The van der Waals surface area contributed by atoms with Crippen LogP contribution in [0.25, 0.3) is 4.65 Å². The van der Waals surface area contributed by atoms with E-state index in [1.807, 2.05) is 0 Å². The molecule has 0 aromatic heterocycles. The Kier molecular flexibility index (Phi) is 18.7. The fourth-order valence-corrected chi connectivity index (χ4v) is 27.5. The van der Waals surface area contributed by atoms with Crippen LogP contribution in [-0.2, 0) is 14.7 Å². The van der Waals surface area contributed by atoms with E-state index in [1.54, 1.807) is 0 Å². The average molecular weight is 724 g/mol. The maximum atomic E-state index is 5.66. The molecule has 0 radical (unpaired) electrons. The zero-order valence-electron chi connectivity index (χ0n) is 19.7. The van der Waals surface area contributed by atoms with Gasteiger partial charge in [-0.05, 0) is 22.6 Å². The summed E-state index contributed by atoms with van der Waals surface area (Å²) < 4.78 is 5.66. The van der Waals surface area contributed by atoms with E-state index in [0.717, 1.165) is 22.6 Å². The summed E-state index contributed by atoms with van der Waals surface area (Å²) in [5.41, 5.74) is 3.39. The van der Waals surface area contributed by atoms with Crippen LogP contribution in [0.4, 0.5) is 0 Å². The van der Waals surface area contributed by atoms with Crippen molar-refractivity contribution in [2.45, 2.75) is 104 Å². The molecule has 9 heteroatoms. The molecule has 0 aliphatic carbocycles. The summed E-state index contributed by atoms with van der Waals surface area (Å²) in [6.07, 6.45) is 0. The summed E-state index contributed by atoms with van der Waals surface area (Å²) in [7, 11) is -2.61. The van der Waals surface area contributed by atoms with Gasteiger partial charge in [-0.15, -0.1) is 15.8 Å². The van der Waals surface area contributed by atoms with Crippen molar-refractivity contribution in [2.75, 3.05) is 11.6 Å². The second-order valence-electron chi connectivity index (χ2n) is 9.67. The van der Waals surface area contributed by atoms with Crippen LogP contribution in [0, 0.1) is 0 Å². The third-order valence-electron chi connectivity index (χ3n) is 4.40. The first kappa shape index (κ1) is 32.8. The molecule has 0 aliphatic rings. The van der Waals surface area contributed by atoms with Crippen molar-refractivity contribution in [3.05, 3.63) is 4.65 Å². The molecule has 0 saturated heterocycles. The van der Waals surface area contributed by atoms with Gasteiger partial charge in [0, 0.05) is 0 Å². The summed E-state index contributed by atoms with van der Waals surface area (Å²) in [5.74, 6) is 2.88. The molecule has 0 bridgehead atoms. The summed E-state index contributed by atoms with van der Waals surface area (Å²) in [4.78, 5) is 0. The van der Waals surface area contributed by atoms with E-state index in [2.05, 4.69) is 118 Å². The number of hydrogen-bond donors (Lipinski definition) is 0. The van der Waals surface area contributed by atoms with Gasteiger partial charge in [0.25, 0.3) is 0 Å². The number of hydrogen-bond acceptors (Lipinski definition) is 0. The van der Waals surface area contributed by atoms with Crippen molar-refractivity contribution in [1.29, 1.82) is 0 Å². The van der Waals surface area contributed by atoms with Crippen LogP contribution in [0.15, 0.2) is 0 Å². The fourth-order valence-electron chi connectivity index (χ4n) is 3.71. The predicted molar refractivity (Wildman–Crippen MR) is 149 cm³/mol. The van der Waals surface area contributed by atoms with Gasteiger partial charge in [-0.2, -0.15) is 0 Å². The average Bonchev–Trinajstić information content (AvgIpc) is 2.39. The number of halogens is 3. The third kappa shape index (κ3) is 17.8. The number of rotatable bonds is 10. The van der Waals surface area contributed by atoms with E-state index in [9.17, 15) is 0 Å². The van der Waals surface area contributed by atoms with Crippen molar-refractivity contribution >= 4 is 69.0 Å². The van der Waals surface area contributed by atoms with Crippen LogP contribution in [0.1, 0.15) is 55.4 Å². The zero-order valence-corrected chi connectivity index (χ0v) is 30.7. The molecule has 0 fully saturated rings. The van der Waals surface area contributed by atoms with Crippen LogP contribution in [0.5, 0.6) is 0 Å². The van der Waals surface area contributed by atoms with Crippen molar-refractivity contribution in [1.82, 2.24) is 0 Å². The van der Waals surface area contributed by atoms with Crippen molar-refractivity contribution < 1.29 is 14.7 Å². The van der Waals surface area contributed by atoms with Gasteiger partial charge in [0.1, 0.15) is 0 Å². The van der Waals surface area contributed by atoms with Gasteiger partial charge in [-0.25, -0.2) is 0 Å². The van der Waals surface area contributed by atoms with Crippen LogP contribution in [-0.4, -0.2) is 50.7 Å². The van der Waals surface area contributed by atoms with Crippen molar-refractivity contribution in [3.8, 4) is 0 Å². The molecular formula is C18H44Br3NP2Si2Zr-. The minimum absolute atomic E-state index is 0.131. The van der Waals surface area contributed by atoms with Crippen molar-refractivity contribution in [3.63, 3.8) is 0 Å². The fraction of sp³-hybridized carbons (Fsp3) is 1.00. The molecule has 0 heterocycles. The molecule has 0 spiro atoms. The van der Waals surface area contributed by atoms with E-state index < -0.39 is 31.2 Å². The van der Waals surface area contributed by atoms with E-state index in [4.69, 9.17) is 4.65 Å². The van der Waals surface area contributed by atoms with E-state index in [1.165, 1.54) is 11.6 Å². The van der Waals surface area contributed by atoms with Gasteiger partial charge < -0.3 is 4.65 Å². The molecule has 0 atom stereocenters. The molecule has 0 aromatic carbocycles. The minimum atomic E-state index is -1.44. The van der Waals surface area contributed by atoms with Gasteiger partial charge in [0.15, 0.2) is 0 Å². The maximum absolute atomic E-state index is 5.66. The summed E-state index contributed by atoms with van der Waals surface area (Å²) >= 11 is 8.80. The Morgan fingerprint density at radius 3 is 0.963 bits per heavy atom. The molecule has 0 amide bonds. The molecule has 165 valence electrons. The third-order valence-corrected chi connectivity index (χ3v) is 23.7. The molecule has 0 unspecified atom stereocenters. The Morgan fingerprint density at radius 2 is 0.815 bits per heavy atom. The van der Waals surface area contributed by atoms with Gasteiger partial charge in [0.05, 0.1) is 0 Å². The van der Waals surface area contributed by atoms with Crippen LogP contribution in [0.2, 0.25) is 26.2 Å². The molecule has 27 heavy (non-hydrogen) atoms. The molecule has 0 aromatic rings. The van der Waals surface area contributed by atoms with Gasteiger partial charge in [0.2, 0.25) is 0 Å². The normalized spacial score (nSPS) is 13.2. The Bertz CT molecular complexity index is 348. The van der Waals surface area contributed by atoms with Crippen LogP contribution in [0.3, 0.4) is 0 Å². The van der Waals surface area contributed by atoms with Gasteiger partial charge in [-0.3, -0.25) is 0 Å².